The van der Waals surface area contributed by atoms with E-state index in [1.807, 2.05) is 0 Å². The van der Waals surface area contributed by atoms with Gasteiger partial charge in [0, 0.05) is 6.04 Å². The highest BCUT2D eigenvalue weighted by atomic mass is 16.4. The summed E-state index contributed by atoms with van der Waals surface area (Å²) in [5.41, 5.74) is -0.0972. The second-order valence-electron chi connectivity index (χ2n) is 6.25. The predicted octanol–water partition coefficient (Wildman–Crippen LogP) is 2.40. The Hall–Kier alpha value is -2.83. The quantitative estimate of drug-likeness (QED) is 0.737. The molecule has 1 amide bonds. The molecule has 0 radical (unpaired) electrons. The van der Waals surface area contributed by atoms with Gasteiger partial charge in [0.2, 0.25) is 0 Å². The first-order valence-corrected chi connectivity index (χ1v) is 8.37. The van der Waals surface area contributed by atoms with Crippen molar-refractivity contribution in [3.8, 4) is 11.5 Å². The van der Waals surface area contributed by atoms with E-state index in [-0.39, 0.29) is 5.56 Å². The van der Waals surface area contributed by atoms with Crippen LogP contribution in [0.3, 0.4) is 0 Å². The topological polar surface area (TPSA) is 112 Å². The number of carbonyl (C=O) groups excluding carboxylic acids is 1. The van der Waals surface area contributed by atoms with Crippen LogP contribution in [0.15, 0.2) is 39.7 Å². The van der Waals surface area contributed by atoms with Crippen LogP contribution in [0.2, 0.25) is 0 Å². The summed E-state index contributed by atoms with van der Waals surface area (Å²) in [4.78, 5) is 38.8. The third-order valence-corrected chi connectivity index (χ3v) is 4.59. The van der Waals surface area contributed by atoms with Gasteiger partial charge in [-0.15, -0.1) is 0 Å². The summed E-state index contributed by atoms with van der Waals surface area (Å²) in [6.45, 7) is 0. The molecular weight excluding hydrogens is 324 g/mol. The summed E-state index contributed by atoms with van der Waals surface area (Å²) in [5.74, 6) is -1.58. The average Bonchev–Trinajstić information content (AvgIpc) is 3.01. The van der Waals surface area contributed by atoms with Crippen LogP contribution in [0.25, 0.3) is 11.5 Å². The van der Waals surface area contributed by atoms with Crippen molar-refractivity contribution in [2.75, 3.05) is 0 Å². The molecule has 0 bridgehead atoms. The Morgan fingerprint density at radius 2 is 1.96 bits per heavy atom. The smallest absolute Gasteiger partial charge is 0.308 e. The Balaban J connectivity index is 1.78. The van der Waals surface area contributed by atoms with Gasteiger partial charge >= 0.3 is 5.97 Å². The SMILES string of the molecule is O=C(N[C@H]1CCCCC[C@H]1C(=O)O)c1ccc(-c2ccco2)[nH]c1=O. The molecule has 1 aliphatic rings. The van der Waals surface area contributed by atoms with Crippen LogP contribution in [0, 0.1) is 5.92 Å². The van der Waals surface area contributed by atoms with Gasteiger partial charge in [-0.2, -0.15) is 0 Å². The Morgan fingerprint density at radius 1 is 1.16 bits per heavy atom. The maximum absolute atomic E-state index is 12.5. The van der Waals surface area contributed by atoms with Gasteiger partial charge in [-0.25, -0.2) is 0 Å². The number of H-pyrrole nitrogens is 1. The first-order chi connectivity index (χ1) is 12.1. The van der Waals surface area contributed by atoms with Crippen molar-refractivity contribution in [3.63, 3.8) is 0 Å². The Bertz CT molecular complexity index is 809. The lowest BCUT2D eigenvalue weighted by molar-refractivity contribution is -0.142. The maximum Gasteiger partial charge on any atom is 0.308 e. The van der Waals surface area contributed by atoms with Gasteiger partial charge in [0.15, 0.2) is 0 Å². The van der Waals surface area contributed by atoms with Gasteiger partial charge in [-0.3, -0.25) is 14.4 Å². The van der Waals surface area contributed by atoms with E-state index < -0.39 is 29.4 Å². The van der Waals surface area contributed by atoms with Crippen LogP contribution < -0.4 is 10.9 Å². The van der Waals surface area contributed by atoms with E-state index in [9.17, 15) is 19.5 Å². The summed E-state index contributed by atoms with van der Waals surface area (Å²) in [5, 5.41) is 12.1. The highest BCUT2D eigenvalue weighted by Gasteiger charge is 2.31. The maximum atomic E-state index is 12.5. The van der Waals surface area contributed by atoms with Crippen molar-refractivity contribution in [1.29, 1.82) is 0 Å². The number of hydrogen-bond donors (Lipinski definition) is 3. The highest BCUT2D eigenvalue weighted by Crippen LogP contribution is 2.24. The summed E-state index contributed by atoms with van der Waals surface area (Å²) < 4.78 is 5.21. The molecule has 132 valence electrons. The van der Waals surface area contributed by atoms with Crippen LogP contribution in [0.1, 0.15) is 42.5 Å². The van der Waals surface area contributed by atoms with Crippen molar-refractivity contribution in [1.82, 2.24) is 10.3 Å². The van der Waals surface area contributed by atoms with E-state index in [0.717, 1.165) is 19.3 Å². The lowest BCUT2D eigenvalue weighted by Crippen LogP contribution is -2.44. The number of amides is 1. The molecule has 3 rings (SSSR count). The Morgan fingerprint density at radius 3 is 2.64 bits per heavy atom. The normalized spacial score (nSPS) is 20.6. The highest BCUT2D eigenvalue weighted by molar-refractivity contribution is 5.94. The van der Waals surface area contributed by atoms with Gasteiger partial charge in [-0.05, 0) is 37.1 Å². The largest absolute Gasteiger partial charge is 0.481 e. The number of carboxylic acids is 1. The van der Waals surface area contributed by atoms with Crippen molar-refractivity contribution < 1.29 is 19.1 Å². The summed E-state index contributed by atoms with van der Waals surface area (Å²) in [6.07, 6.45) is 5.28. The summed E-state index contributed by atoms with van der Waals surface area (Å²) in [6, 6.07) is 5.96. The fourth-order valence-corrected chi connectivity index (χ4v) is 3.25. The number of carbonyl (C=O) groups is 2. The first-order valence-electron chi connectivity index (χ1n) is 8.37. The lowest BCUT2D eigenvalue weighted by Gasteiger charge is -2.22. The molecule has 0 aromatic carbocycles. The van der Waals surface area contributed by atoms with Gasteiger partial charge in [-0.1, -0.05) is 19.3 Å². The van der Waals surface area contributed by atoms with Crippen LogP contribution in [0.4, 0.5) is 0 Å². The molecule has 1 saturated carbocycles. The number of nitrogens with one attached hydrogen (secondary N) is 2. The molecule has 1 aliphatic carbocycles. The van der Waals surface area contributed by atoms with Crippen LogP contribution in [-0.2, 0) is 4.79 Å². The Labute approximate surface area is 144 Å². The fourth-order valence-electron chi connectivity index (χ4n) is 3.25. The molecule has 7 heteroatoms. The molecule has 3 N–H and O–H groups in total. The number of carboxylic acid groups (broad SMARTS) is 1. The monoisotopic (exact) mass is 344 g/mol. The number of hydrogen-bond acceptors (Lipinski definition) is 4. The molecule has 0 unspecified atom stereocenters. The standard InChI is InChI=1S/C18H20N2O5/c21-16(19-13-6-3-1-2-5-11(13)18(23)24)12-8-9-14(20-17(12)22)15-7-4-10-25-15/h4,7-11,13H,1-3,5-6H2,(H,19,21)(H,20,22)(H,23,24)/t11-,13+/m1/s1. The van der Waals surface area contributed by atoms with Gasteiger partial charge < -0.3 is 19.8 Å². The van der Waals surface area contributed by atoms with Gasteiger partial charge in [0.05, 0.1) is 17.9 Å². The molecule has 2 aromatic rings. The molecule has 2 heterocycles. The first kappa shape index (κ1) is 17.0. The number of rotatable bonds is 4. The zero-order valence-electron chi connectivity index (χ0n) is 13.7. The second kappa shape index (κ2) is 7.38. The van der Waals surface area contributed by atoms with E-state index in [1.54, 1.807) is 18.2 Å². The Kier molecular flexibility index (Phi) is 5.02. The van der Waals surface area contributed by atoms with Crippen molar-refractivity contribution in [2.24, 2.45) is 5.92 Å². The van der Waals surface area contributed by atoms with E-state index >= 15 is 0 Å². The summed E-state index contributed by atoms with van der Waals surface area (Å²) in [7, 11) is 0. The van der Waals surface area contributed by atoms with E-state index in [1.165, 1.54) is 12.3 Å². The minimum Gasteiger partial charge on any atom is -0.481 e. The third-order valence-electron chi connectivity index (χ3n) is 4.59. The zero-order chi connectivity index (χ0) is 17.8. The minimum absolute atomic E-state index is 0.0382. The number of pyridine rings is 1. The summed E-state index contributed by atoms with van der Waals surface area (Å²) >= 11 is 0. The van der Waals surface area contributed by atoms with Crippen LogP contribution in [-0.4, -0.2) is 28.0 Å². The van der Waals surface area contributed by atoms with Crippen molar-refractivity contribution in [3.05, 3.63) is 46.4 Å². The second-order valence-corrected chi connectivity index (χ2v) is 6.25. The number of furan rings is 1. The van der Waals surface area contributed by atoms with Crippen molar-refractivity contribution in [2.45, 2.75) is 38.1 Å². The minimum atomic E-state index is -0.908. The zero-order valence-corrected chi connectivity index (χ0v) is 13.7. The third kappa shape index (κ3) is 3.81. The van der Waals surface area contributed by atoms with Crippen LogP contribution >= 0.6 is 0 Å². The van der Waals surface area contributed by atoms with E-state index in [0.29, 0.717) is 24.3 Å². The number of aliphatic carboxylic acids is 1. The molecule has 0 spiro atoms. The molecule has 7 nitrogen and oxygen atoms in total. The fraction of sp³-hybridized carbons (Fsp3) is 0.389. The van der Waals surface area contributed by atoms with Gasteiger partial charge in [0.1, 0.15) is 11.3 Å². The van der Waals surface area contributed by atoms with Crippen molar-refractivity contribution >= 4 is 11.9 Å². The van der Waals surface area contributed by atoms with Crippen LogP contribution in [0.5, 0.6) is 0 Å². The predicted molar refractivity (Wildman–Crippen MR) is 90.2 cm³/mol. The molecule has 0 aliphatic heterocycles. The lowest BCUT2D eigenvalue weighted by atomic mass is 9.94. The molecular formula is C18H20N2O5. The van der Waals surface area contributed by atoms with E-state index in [2.05, 4.69) is 10.3 Å². The van der Waals surface area contributed by atoms with Gasteiger partial charge in [0.25, 0.3) is 11.5 Å². The molecule has 2 atom stereocenters. The molecule has 0 saturated heterocycles. The average molecular weight is 344 g/mol. The number of aromatic nitrogens is 1. The number of aromatic amines is 1. The van der Waals surface area contributed by atoms with E-state index in [4.69, 9.17) is 4.42 Å². The molecule has 1 fully saturated rings. The molecule has 25 heavy (non-hydrogen) atoms. The molecule has 2 aromatic heterocycles.